The Morgan fingerprint density at radius 3 is 2.62 bits per heavy atom. The Bertz CT molecular complexity index is 944. The van der Waals surface area contributed by atoms with Gasteiger partial charge >= 0.3 is 0 Å². The van der Waals surface area contributed by atoms with Crippen LogP contribution in [0.5, 0.6) is 11.5 Å². The summed E-state index contributed by atoms with van der Waals surface area (Å²) in [6.07, 6.45) is 3.04. The second kappa shape index (κ2) is 6.75. The molecule has 0 saturated carbocycles. The van der Waals surface area contributed by atoms with Crippen LogP contribution in [0.1, 0.15) is 11.1 Å². The van der Waals surface area contributed by atoms with Crippen molar-refractivity contribution in [1.82, 2.24) is 9.47 Å². The topological polar surface area (TPSA) is 43.7 Å². The molecule has 2 heterocycles. The lowest BCUT2D eigenvalue weighted by Gasteiger charge is -2.21. The Labute approximate surface area is 152 Å². The van der Waals surface area contributed by atoms with Crippen LogP contribution in [0.4, 0.5) is 0 Å². The molecule has 0 N–H and O–H groups in total. The molecule has 134 valence electrons. The van der Waals surface area contributed by atoms with Crippen molar-refractivity contribution in [2.45, 2.75) is 13.0 Å². The van der Waals surface area contributed by atoms with E-state index in [-0.39, 0.29) is 12.5 Å². The summed E-state index contributed by atoms with van der Waals surface area (Å²) in [6.45, 7) is 1.37. The molecule has 26 heavy (non-hydrogen) atoms. The van der Waals surface area contributed by atoms with Crippen LogP contribution in [-0.2, 0) is 24.8 Å². The molecule has 5 heteroatoms. The third-order valence-electron chi connectivity index (χ3n) is 4.97. The smallest absolute Gasteiger partial charge is 0.260 e. The predicted molar refractivity (Wildman–Crippen MR) is 101 cm³/mol. The molecule has 1 amide bonds. The molecule has 5 nitrogen and oxygen atoms in total. The van der Waals surface area contributed by atoms with Gasteiger partial charge < -0.3 is 18.9 Å². The summed E-state index contributed by atoms with van der Waals surface area (Å²) in [5, 5.41) is 1.29. The van der Waals surface area contributed by atoms with Crippen LogP contribution in [-0.4, -0.2) is 35.6 Å². The first-order chi connectivity index (χ1) is 12.7. The van der Waals surface area contributed by atoms with Crippen molar-refractivity contribution < 1.29 is 14.3 Å². The first-order valence-electron chi connectivity index (χ1n) is 8.76. The summed E-state index contributed by atoms with van der Waals surface area (Å²) in [5.41, 5.74) is 3.74. The standard InChI is InChI=1S/C21H22N2O3/c1-22-12-16-10-11-23(13-15-4-3-5-19(22)21(15)16)20(24)14-26-18-8-6-17(25-2)7-9-18/h3-9,12H,10-11,13-14H2,1-2H3. The fourth-order valence-electron chi connectivity index (χ4n) is 3.60. The van der Waals surface area contributed by atoms with Crippen LogP contribution >= 0.6 is 0 Å². The second-order valence-corrected chi connectivity index (χ2v) is 6.61. The van der Waals surface area contributed by atoms with E-state index in [2.05, 4.69) is 36.0 Å². The summed E-state index contributed by atoms with van der Waals surface area (Å²) in [7, 11) is 3.69. The summed E-state index contributed by atoms with van der Waals surface area (Å²) < 4.78 is 13.0. The number of benzene rings is 2. The molecule has 0 radical (unpaired) electrons. The van der Waals surface area contributed by atoms with E-state index < -0.39 is 0 Å². The maximum atomic E-state index is 12.7. The minimum atomic E-state index is 0.00680. The fourth-order valence-corrected chi connectivity index (χ4v) is 3.60. The van der Waals surface area contributed by atoms with E-state index in [1.165, 1.54) is 22.0 Å². The van der Waals surface area contributed by atoms with Crippen molar-refractivity contribution in [2.75, 3.05) is 20.3 Å². The van der Waals surface area contributed by atoms with Crippen molar-refractivity contribution in [1.29, 1.82) is 0 Å². The van der Waals surface area contributed by atoms with Gasteiger partial charge in [-0.05, 0) is 47.9 Å². The van der Waals surface area contributed by atoms with Gasteiger partial charge in [0.15, 0.2) is 6.61 Å². The molecule has 1 aliphatic rings. The number of rotatable bonds is 4. The summed E-state index contributed by atoms with van der Waals surface area (Å²) in [6, 6.07) is 13.6. The number of methoxy groups -OCH3 is 1. The zero-order valence-electron chi connectivity index (χ0n) is 15.1. The van der Waals surface area contributed by atoms with Gasteiger partial charge in [-0.2, -0.15) is 0 Å². The Balaban J connectivity index is 1.47. The van der Waals surface area contributed by atoms with E-state index in [1.54, 1.807) is 7.11 Å². The quantitative estimate of drug-likeness (QED) is 0.726. The van der Waals surface area contributed by atoms with Crippen LogP contribution in [0.2, 0.25) is 0 Å². The van der Waals surface area contributed by atoms with E-state index in [4.69, 9.17) is 9.47 Å². The van der Waals surface area contributed by atoms with E-state index in [1.807, 2.05) is 29.2 Å². The molecule has 0 aliphatic carbocycles. The largest absolute Gasteiger partial charge is 0.497 e. The van der Waals surface area contributed by atoms with Crippen molar-refractivity contribution in [3.8, 4) is 11.5 Å². The lowest BCUT2D eigenvalue weighted by molar-refractivity contribution is -0.133. The van der Waals surface area contributed by atoms with Gasteiger partial charge in [0, 0.05) is 37.2 Å². The van der Waals surface area contributed by atoms with Crippen LogP contribution in [0.25, 0.3) is 10.9 Å². The van der Waals surface area contributed by atoms with E-state index in [0.717, 1.165) is 12.2 Å². The average molecular weight is 350 g/mol. The molecule has 0 fully saturated rings. The van der Waals surface area contributed by atoms with Crippen molar-refractivity contribution >= 4 is 16.8 Å². The van der Waals surface area contributed by atoms with Gasteiger partial charge in [-0.1, -0.05) is 12.1 Å². The maximum Gasteiger partial charge on any atom is 0.260 e. The first kappa shape index (κ1) is 16.5. The molecule has 0 atom stereocenters. The molecule has 1 aliphatic heterocycles. The van der Waals surface area contributed by atoms with Gasteiger partial charge in [-0.25, -0.2) is 0 Å². The first-order valence-corrected chi connectivity index (χ1v) is 8.76. The van der Waals surface area contributed by atoms with Gasteiger partial charge in [0.05, 0.1) is 7.11 Å². The van der Waals surface area contributed by atoms with Crippen LogP contribution in [0.15, 0.2) is 48.7 Å². The molecule has 0 saturated heterocycles. The van der Waals surface area contributed by atoms with Crippen LogP contribution < -0.4 is 9.47 Å². The summed E-state index contributed by atoms with van der Waals surface area (Å²) in [4.78, 5) is 14.6. The zero-order valence-corrected chi connectivity index (χ0v) is 15.1. The van der Waals surface area contributed by atoms with Gasteiger partial charge in [0.2, 0.25) is 0 Å². The SMILES string of the molecule is COc1ccc(OCC(=O)N2CCc3cn(C)c4cccc(c34)C2)cc1. The van der Waals surface area contributed by atoms with E-state index in [0.29, 0.717) is 18.8 Å². The summed E-state index contributed by atoms with van der Waals surface area (Å²) in [5.74, 6) is 1.44. The van der Waals surface area contributed by atoms with Crippen molar-refractivity contribution in [3.05, 3.63) is 59.8 Å². The third-order valence-corrected chi connectivity index (χ3v) is 4.97. The summed E-state index contributed by atoms with van der Waals surface area (Å²) >= 11 is 0. The number of hydrogen-bond donors (Lipinski definition) is 0. The fraction of sp³-hybridized carbons (Fsp3) is 0.286. The van der Waals surface area contributed by atoms with Gasteiger partial charge in [-0.3, -0.25) is 4.79 Å². The zero-order chi connectivity index (χ0) is 18.1. The highest BCUT2D eigenvalue weighted by Gasteiger charge is 2.22. The number of carbonyl (C=O) groups is 1. The number of hydrogen-bond acceptors (Lipinski definition) is 3. The molecule has 2 aromatic carbocycles. The number of amides is 1. The predicted octanol–water partition coefficient (Wildman–Crippen LogP) is 3.15. The second-order valence-electron chi connectivity index (χ2n) is 6.61. The number of aryl methyl sites for hydroxylation is 1. The normalized spacial score (nSPS) is 13.5. The minimum Gasteiger partial charge on any atom is -0.497 e. The monoisotopic (exact) mass is 350 g/mol. The Morgan fingerprint density at radius 2 is 1.85 bits per heavy atom. The number of aromatic nitrogens is 1. The number of nitrogens with zero attached hydrogens (tertiary/aromatic N) is 2. The van der Waals surface area contributed by atoms with Crippen molar-refractivity contribution in [3.63, 3.8) is 0 Å². The molecule has 0 spiro atoms. The highest BCUT2D eigenvalue weighted by Crippen LogP contribution is 2.29. The molecular weight excluding hydrogens is 328 g/mol. The van der Waals surface area contributed by atoms with Gasteiger partial charge in [0.25, 0.3) is 5.91 Å². The molecule has 0 bridgehead atoms. The number of carbonyl (C=O) groups excluding carboxylic acids is 1. The van der Waals surface area contributed by atoms with E-state index >= 15 is 0 Å². The highest BCUT2D eigenvalue weighted by atomic mass is 16.5. The molecule has 4 rings (SSSR count). The maximum absolute atomic E-state index is 12.7. The van der Waals surface area contributed by atoms with Gasteiger partial charge in [0.1, 0.15) is 11.5 Å². The average Bonchev–Trinajstić information content (AvgIpc) is 2.88. The molecule has 1 aromatic heterocycles. The van der Waals surface area contributed by atoms with Crippen LogP contribution in [0, 0.1) is 0 Å². The highest BCUT2D eigenvalue weighted by molar-refractivity contribution is 5.88. The van der Waals surface area contributed by atoms with E-state index in [9.17, 15) is 4.79 Å². The minimum absolute atomic E-state index is 0.00680. The molecule has 3 aromatic rings. The third kappa shape index (κ3) is 3.01. The Kier molecular flexibility index (Phi) is 4.29. The number of ether oxygens (including phenoxy) is 2. The Hall–Kier alpha value is -2.95. The van der Waals surface area contributed by atoms with Gasteiger partial charge in [-0.15, -0.1) is 0 Å². The lowest BCUT2D eigenvalue weighted by Crippen LogP contribution is -2.35. The lowest BCUT2D eigenvalue weighted by atomic mass is 10.1. The molecule has 0 unspecified atom stereocenters. The molecular formula is C21H22N2O3. The Morgan fingerprint density at radius 1 is 1.08 bits per heavy atom. The van der Waals surface area contributed by atoms with Crippen LogP contribution in [0.3, 0.4) is 0 Å². The van der Waals surface area contributed by atoms with Crippen molar-refractivity contribution in [2.24, 2.45) is 7.05 Å².